The molecule has 0 saturated heterocycles. The number of nitrogens with one attached hydrogen (secondary N) is 1. The molecule has 88 valence electrons. The van der Waals surface area contributed by atoms with Crippen LogP contribution in [-0.2, 0) is 4.79 Å². The topological polar surface area (TPSA) is 29.1 Å². The van der Waals surface area contributed by atoms with Crippen LogP contribution in [0, 0.1) is 5.82 Å². The van der Waals surface area contributed by atoms with Crippen LogP contribution in [0.1, 0.15) is 20.3 Å². The first-order valence-electron chi connectivity index (χ1n) is 5.33. The monoisotopic (exact) mass is 241 g/mol. The first-order valence-corrected chi connectivity index (χ1v) is 6.21. The third-order valence-corrected chi connectivity index (χ3v) is 3.16. The van der Waals surface area contributed by atoms with Crippen LogP contribution in [0.15, 0.2) is 29.2 Å². The van der Waals surface area contributed by atoms with Gasteiger partial charge in [0.05, 0.1) is 5.25 Å². The van der Waals surface area contributed by atoms with Crippen LogP contribution in [0.5, 0.6) is 0 Å². The number of carbonyl (C=O) groups is 1. The molecule has 0 saturated carbocycles. The Hall–Kier alpha value is -1.03. The number of thioether (sulfide) groups is 1. The van der Waals surface area contributed by atoms with Gasteiger partial charge >= 0.3 is 0 Å². The second-order valence-corrected chi connectivity index (χ2v) is 4.92. The third-order valence-electron chi connectivity index (χ3n) is 2.04. The van der Waals surface area contributed by atoms with Gasteiger partial charge in [0.25, 0.3) is 0 Å². The minimum Gasteiger partial charge on any atom is -0.355 e. The van der Waals surface area contributed by atoms with Gasteiger partial charge in [0.1, 0.15) is 5.82 Å². The molecule has 0 spiro atoms. The molecular weight excluding hydrogens is 225 g/mol. The Bertz CT molecular complexity index is 339. The highest BCUT2D eigenvalue weighted by Gasteiger charge is 2.13. The van der Waals surface area contributed by atoms with Crippen molar-refractivity contribution in [3.8, 4) is 0 Å². The normalized spacial score (nSPS) is 12.2. The van der Waals surface area contributed by atoms with Crippen molar-refractivity contribution in [2.45, 2.75) is 30.4 Å². The van der Waals surface area contributed by atoms with E-state index in [1.165, 1.54) is 23.9 Å². The highest BCUT2D eigenvalue weighted by molar-refractivity contribution is 8.00. The van der Waals surface area contributed by atoms with Gasteiger partial charge in [0.2, 0.25) is 5.91 Å². The van der Waals surface area contributed by atoms with Crippen LogP contribution in [-0.4, -0.2) is 17.7 Å². The van der Waals surface area contributed by atoms with E-state index < -0.39 is 0 Å². The van der Waals surface area contributed by atoms with Gasteiger partial charge in [-0.15, -0.1) is 11.8 Å². The minimum atomic E-state index is -0.257. The summed E-state index contributed by atoms with van der Waals surface area (Å²) in [5.74, 6) is -0.233. The predicted octanol–water partition coefficient (Wildman–Crippen LogP) is 2.83. The molecule has 1 aromatic carbocycles. The number of carbonyl (C=O) groups excluding carboxylic acids is 1. The number of hydrogen-bond donors (Lipinski definition) is 1. The summed E-state index contributed by atoms with van der Waals surface area (Å²) >= 11 is 1.43. The van der Waals surface area contributed by atoms with E-state index >= 15 is 0 Å². The van der Waals surface area contributed by atoms with Gasteiger partial charge in [0, 0.05) is 11.4 Å². The van der Waals surface area contributed by atoms with E-state index in [2.05, 4.69) is 5.32 Å². The van der Waals surface area contributed by atoms with Gasteiger partial charge in [-0.05, 0) is 37.6 Å². The molecule has 1 aromatic rings. The van der Waals surface area contributed by atoms with Crippen LogP contribution in [0.4, 0.5) is 4.39 Å². The van der Waals surface area contributed by atoms with E-state index in [-0.39, 0.29) is 17.0 Å². The van der Waals surface area contributed by atoms with E-state index in [0.29, 0.717) is 6.54 Å². The Morgan fingerprint density at radius 1 is 1.44 bits per heavy atom. The summed E-state index contributed by atoms with van der Waals surface area (Å²) in [5, 5.41) is 2.67. The van der Waals surface area contributed by atoms with Crippen LogP contribution in [0.2, 0.25) is 0 Å². The van der Waals surface area contributed by atoms with E-state index in [1.54, 1.807) is 12.1 Å². The molecule has 1 rings (SSSR count). The number of halogens is 1. The number of benzene rings is 1. The van der Waals surface area contributed by atoms with Crippen molar-refractivity contribution in [3.05, 3.63) is 30.1 Å². The standard InChI is InChI=1S/C12H16FNOS/c1-3-8-14-12(15)9(2)16-11-6-4-10(13)5-7-11/h4-7,9H,3,8H2,1-2H3,(H,14,15). The van der Waals surface area contributed by atoms with E-state index in [9.17, 15) is 9.18 Å². The molecule has 4 heteroatoms. The van der Waals surface area contributed by atoms with Crippen molar-refractivity contribution in [1.29, 1.82) is 0 Å². The van der Waals surface area contributed by atoms with E-state index in [1.807, 2.05) is 13.8 Å². The molecule has 0 bridgehead atoms. The smallest absolute Gasteiger partial charge is 0.233 e. The average molecular weight is 241 g/mol. The second kappa shape index (κ2) is 6.53. The van der Waals surface area contributed by atoms with Crippen molar-refractivity contribution in [3.63, 3.8) is 0 Å². The fraction of sp³-hybridized carbons (Fsp3) is 0.417. The lowest BCUT2D eigenvalue weighted by Gasteiger charge is -2.11. The Morgan fingerprint density at radius 2 is 2.06 bits per heavy atom. The summed E-state index contributed by atoms with van der Waals surface area (Å²) in [6.45, 7) is 4.56. The van der Waals surface area contributed by atoms with Crippen molar-refractivity contribution in [2.24, 2.45) is 0 Å². The van der Waals surface area contributed by atoms with Gasteiger partial charge in [-0.1, -0.05) is 6.92 Å². The van der Waals surface area contributed by atoms with Crippen molar-refractivity contribution < 1.29 is 9.18 Å². The molecule has 16 heavy (non-hydrogen) atoms. The molecule has 0 heterocycles. The largest absolute Gasteiger partial charge is 0.355 e. The maximum absolute atomic E-state index is 12.7. The lowest BCUT2D eigenvalue weighted by molar-refractivity contribution is -0.120. The lowest BCUT2D eigenvalue weighted by atomic mass is 10.3. The summed E-state index contributed by atoms with van der Waals surface area (Å²) in [6, 6.07) is 6.17. The summed E-state index contributed by atoms with van der Waals surface area (Å²) in [6.07, 6.45) is 0.930. The summed E-state index contributed by atoms with van der Waals surface area (Å²) in [5.41, 5.74) is 0. The van der Waals surface area contributed by atoms with Crippen LogP contribution >= 0.6 is 11.8 Å². The summed E-state index contributed by atoms with van der Waals surface area (Å²) in [4.78, 5) is 12.5. The minimum absolute atomic E-state index is 0.0242. The molecule has 0 aliphatic heterocycles. The molecule has 2 nitrogen and oxygen atoms in total. The van der Waals surface area contributed by atoms with Crippen molar-refractivity contribution >= 4 is 17.7 Å². The van der Waals surface area contributed by atoms with Gasteiger partial charge in [-0.2, -0.15) is 0 Å². The first-order chi connectivity index (χ1) is 7.63. The zero-order valence-corrected chi connectivity index (χ0v) is 10.3. The highest BCUT2D eigenvalue weighted by Crippen LogP contribution is 2.23. The Labute approximate surface area is 99.6 Å². The molecule has 0 radical (unpaired) electrons. The van der Waals surface area contributed by atoms with Crippen molar-refractivity contribution in [2.75, 3.05) is 6.54 Å². The average Bonchev–Trinajstić information content (AvgIpc) is 2.29. The fourth-order valence-corrected chi connectivity index (χ4v) is 2.05. The second-order valence-electron chi connectivity index (χ2n) is 3.51. The highest BCUT2D eigenvalue weighted by atomic mass is 32.2. The molecule has 0 fully saturated rings. The lowest BCUT2D eigenvalue weighted by Crippen LogP contribution is -2.31. The molecule has 1 unspecified atom stereocenters. The quantitative estimate of drug-likeness (QED) is 0.803. The first kappa shape index (κ1) is 13.0. The van der Waals surface area contributed by atoms with Crippen molar-refractivity contribution in [1.82, 2.24) is 5.32 Å². The van der Waals surface area contributed by atoms with Crippen LogP contribution in [0.3, 0.4) is 0 Å². The summed E-state index contributed by atoms with van der Waals surface area (Å²) in [7, 11) is 0. The Balaban J connectivity index is 2.47. The number of hydrogen-bond acceptors (Lipinski definition) is 2. The van der Waals surface area contributed by atoms with E-state index in [4.69, 9.17) is 0 Å². The summed E-state index contributed by atoms with van der Waals surface area (Å²) < 4.78 is 12.7. The van der Waals surface area contributed by atoms with Gasteiger partial charge in [-0.3, -0.25) is 4.79 Å². The Kier molecular flexibility index (Phi) is 5.32. The van der Waals surface area contributed by atoms with Crippen LogP contribution < -0.4 is 5.32 Å². The molecular formula is C12H16FNOS. The zero-order chi connectivity index (χ0) is 12.0. The zero-order valence-electron chi connectivity index (χ0n) is 9.50. The van der Waals surface area contributed by atoms with Gasteiger partial charge < -0.3 is 5.32 Å². The van der Waals surface area contributed by atoms with Gasteiger partial charge in [-0.25, -0.2) is 4.39 Å². The third kappa shape index (κ3) is 4.23. The number of rotatable bonds is 5. The van der Waals surface area contributed by atoms with Crippen LogP contribution in [0.25, 0.3) is 0 Å². The molecule has 1 atom stereocenters. The predicted molar refractivity (Wildman–Crippen MR) is 65.0 cm³/mol. The van der Waals surface area contributed by atoms with Gasteiger partial charge in [0.15, 0.2) is 0 Å². The Morgan fingerprint density at radius 3 is 2.62 bits per heavy atom. The molecule has 0 aliphatic rings. The molecule has 1 N–H and O–H groups in total. The molecule has 0 aromatic heterocycles. The maximum Gasteiger partial charge on any atom is 0.233 e. The molecule has 1 amide bonds. The van der Waals surface area contributed by atoms with E-state index in [0.717, 1.165) is 11.3 Å². The fourth-order valence-electron chi connectivity index (χ4n) is 1.16. The SMILES string of the molecule is CCCNC(=O)C(C)Sc1ccc(F)cc1. The number of amides is 1. The molecule has 0 aliphatic carbocycles. The maximum atomic E-state index is 12.7.